The van der Waals surface area contributed by atoms with Gasteiger partial charge in [0.25, 0.3) is 5.91 Å². The quantitative estimate of drug-likeness (QED) is 0.838. The average Bonchev–Trinajstić information content (AvgIpc) is 2.84. The van der Waals surface area contributed by atoms with Crippen molar-refractivity contribution in [2.24, 2.45) is 0 Å². The van der Waals surface area contributed by atoms with Crippen molar-refractivity contribution in [1.29, 1.82) is 0 Å². The van der Waals surface area contributed by atoms with Gasteiger partial charge in [-0.2, -0.15) is 0 Å². The van der Waals surface area contributed by atoms with E-state index < -0.39 is 0 Å². The highest BCUT2D eigenvalue weighted by molar-refractivity contribution is 6.10. The molecule has 3 rings (SSSR count). The summed E-state index contributed by atoms with van der Waals surface area (Å²) >= 11 is 0. The minimum atomic E-state index is 0.0651. The van der Waals surface area contributed by atoms with Gasteiger partial charge in [-0.05, 0) is 54.3 Å². The maximum atomic E-state index is 12.6. The molecule has 0 unspecified atom stereocenters. The summed E-state index contributed by atoms with van der Waals surface area (Å²) in [6.07, 6.45) is 0. The fraction of sp³-hybridized carbons (Fsp3) is 0.316. The number of fused-ring (bicyclic) bond motifs is 1. The van der Waals surface area contributed by atoms with Gasteiger partial charge in [-0.1, -0.05) is 26.0 Å². The molecule has 0 radical (unpaired) electrons. The third kappa shape index (κ3) is 2.59. The van der Waals surface area contributed by atoms with Crippen LogP contribution >= 0.6 is 0 Å². The molecule has 0 spiro atoms. The fourth-order valence-corrected chi connectivity index (χ4v) is 2.80. The summed E-state index contributed by atoms with van der Waals surface area (Å²) in [4.78, 5) is 14.4. The van der Waals surface area contributed by atoms with E-state index in [0.717, 1.165) is 22.6 Å². The predicted molar refractivity (Wildman–Crippen MR) is 88.7 cm³/mol. The molecule has 3 nitrogen and oxygen atoms in total. The molecule has 0 atom stereocenters. The monoisotopic (exact) mass is 295 g/mol. The van der Waals surface area contributed by atoms with Crippen LogP contribution in [0.15, 0.2) is 42.5 Å². The Bertz CT molecular complexity index is 689. The van der Waals surface area contributed by atoms with Crippen LogP contribution in [0.1, 0.15) is 48.2 Å². The number of ether oxygens (including phenoxy) is 1. The Kier molecular flexibility index (Phi) is 3.88. The lowest BCUT2D eigenvalue weighted by Crippen LogP contribution is -2.22. The first kappa shape index (κ1) is 14.6. The largest absolute Gasteiger partial charge is 0.494 e. The number of hydrogen-bond acceptors (Lipinski definition) is 2. The molecule has 0 fully saturated rings. The third-order valence-electron chi connectivity index (χ3n) is 4.06. The van der Waals surface area contributed by atoms with Crippen LogP contribution in [0.5, 0.6) is 5.75 Å². The number of benzene rings is 2. The molecule has 1 heterocycles. The van der Waals surface area contributed by atoms with E-state index in [0.29, 0.717) is 19.1 Å². The minimum absolute atomic E-state index is 0.0651. The van der Waals surface area contributed by atoms with Gasteiger partial charge in [0.2, 0.25) is 0 Å². The lowest BCUT2D eigenvalue weighted by molar-refractivity contribution is 0.0996. The summed E-state index contributed by atoms with van der Waals surface area (Å²) in [6.45, 7) is 7.53. The van der Waals surface area contributed by atoms with Crippen molar-refractivity contribution < 1.29 is 9.53 Å². The Morgan fingerprint density at radius 1 is 1.14 bits per heavy atom. The Morgan fingerprint density at radius 3 is 2.50 bits per heavy atom. The fourth-order valence-electron chi connectivity index (χ4n) is 2.80. The Morgan fingerprint density at radius 2 is 1.86 bits per heavy atom. The van der Waals surface area contributed by atoms with Crippen molar-refractivity contribution >= 4 is 11.6 Å². The molecule has 0 aliphatic carbocycles. The molecule has 0 N–H and O–H groups in total. The van der Waals surface area contributed by atoms with E-state index in [1.165, 1.54) is 5.56 Å². The SMILES string of the molecule is CCOc1ccc2c(c1)CN(c1ccc(C(C)C)cc1)C2=O. The lowest BCUT2D eigenvalue weighted by atomic mass is 10.0. The molecule has 1 aliphatic rings. The molecule has 0 saturated heterocycles. The summed E-state index contributed by atoms with van der Waals surface area (Å²) < 4.78 is 5.52. The Labute approximate surface area is 131 Å². The molecule has 1 amide bonds. The van der Waals surface area contributed by atoms with E-state index >= 15 is 0 Å². The van der Waals surface area contributed by atoms with E-state index in [1.54, 1.807) is 0 Å². The first-order valence-electron chi connectivity index (χ1n) is 7.77. The molecule has 0 aromatic heterocycles. The number of nitrogens with zero attached hydrogens (tertiary/aromatic N) is 1. The van der Waals surface area contributed by atoms with Gasteiger partial charge in [-0.25, -0.2) is 0 Å². The maximum absolute atomic E-state index is 12.6. The molecule has 3 heteroatoms. The van der Waals surface area contributed by atoms with Crippen molar-refractivity contribution in [1.82, 2.24) is 0 Å². The molecule has 0 saturated carbocycles. The Balaban J connectivity index is 1.86. The van der Waals surface area contributed by atoms with E-state index in [2.05, 4.69) is 26.0 Å². The zero-order valence-corrected chi connectivity index (χ0v) is 13.3. The second-order valence-corrected chi connectivity index (χ2v) is 5.89. The number of amides is 1. The van der Waals surface area contributed by atoms with E-state index in [-0.39, 0.29) is 5.91 Å². The summed E-state index contributed by atoms with van der Waals surface area (Å²) in [6, 6.07) is 14.0. The highest BCUT2D eigenvalue weighted by atomic mass is 16.5. The van der Waals surface area contributed by atoms with E-state index in [9.17, 15) is 4.79 Å². The second kappa shape index (κ2) is 5.84. The summed E-state index contributed by atoms with van der Waals surface area (Å²) in [5.41, 5.74) is 4.04. The van der Waals surface area contributed by atoms with E-state index in [4.69, 9.17) is 4.74 Å². The molecule has 1 aliphatic heterocycles. The van der Waals surface area contributed by atoms with Crippen LogP contribution in [0.25, 0.3) is 0 Å². The smallest absolute Gasteiger partial charge is 0.258 e. The normalized spacial score (nSPS) is 13.6. The van der Waals surface area contributed by atoms with Gasteiger partial charge in [0, 0.05) is 11.3 Å². The molecule has 2 aromatic carbocycles. The second-order valence-electron chi connectivity index (χ2n) is 5.89. The first-order chi connectivity index (χ1) is 10.6. The standard InChI is InChI=1S/C19H21NO2/c1-4-22-17-9-10-18-15(11-17)12-20(19(18)21)16-7-5-14(6-8-16)13(2)3/h5-11,13H,4,12H2,1-3H3. The topological polar surface area (TPSA) is 29.5 Å². The molecule has 0 bridgehead atoms. The van der Waals surface area contributed by atoms with Gasteiger partial charge in [0.05, 0.1) is 13.2 Å². The minimum Gasteiger partial charge on any atom is -0.494 e. The van der Waals surface area contributed by atoms with Gasteiger partial charge in [-0.15, -0.1) is 0 Å². The van der Waals surface area contributed by atoms with Crippen molar-refractivity contribution in [3.8, 4) is 5.75 Å². The van der Waals surface area contributed by atoms with Crippen LogP contribution in [0.4, 0.5) is 5.69 Å². The van der Waals surface area contributed by atoms with Crippen LogP contribution in [0.3, 0.4) is 0 Å². The van der Waals surface area contributed by atoms with Crippen LogP contribution in [-0.2, 0) is 6.54 Å². The van der Waals surface area contributed by atoms with Gasteiger partial charge in [-0.3, -0.25) is 4.79 Å². The average molecular weight is 295 g/mol. The summed E-state index contributed by atoms with van der Waals surface area (Å²) in [7, 11) is 0. The Hall–Kier alpha value is -2.29. The number of anilines is 1. The number of carbonyl (C=O) groups is 1. The predicted octanol–water partition coefficient (Wildman–Crippen LogP) is 4.37. The zero-order chi connectivity index (χ0) is 15.7. The third-order valence-corrected chi connectivity index (χ3v) is 4.06. The van der Waals surface area contributed by atoms with Crippen molar-refractivity contribution in [2.45, 2.75) is 33.2 Å². The highest BCUT2D eigenvalue weighted by Crippen LogP contribution is 2.31. The number of rotatable bonds is 4. The van der Waals surface area contributed by atoms with Crippen molar-refractivity contribution in [3.63, 3.8) is 0 Å². The van der Waals surface area contributed by atoms with Gasteiger partial charge < -0.3 is 9.64 Å². The first-order valence-corrected chi connectivity index (χ1v) is 7.77. The van der Waals surface area contributed by atoms with Gasteiger partial charge in [0.15, 0.2) is 0 Å². The molecular formula is C19H21NO2. The highest BCUT2D eigenvalue weighted by Gasteiger charge is 2.28. The van der Waals surface area contributed by atoms with Crippen LogP contribution in [0.2, 0.25) is 0 Å². The molecule has 114 valence electrons. The lowest BCUT2D eigenvalue weighted by Gasteiger charge is -2.16. The van der Waals surface area contributed by atoms with Crippen molar-refractivity contribution in [2.75, 3.05) is 11.5 Å². The number of carbonyl (C=O) groups excluding carboxylic acids is 1. The number of hydrogen-bond donors (Lipinski definition) is 0. The van der Waals surface area contributed by atoms with Gasteiger partial charge in [0.1, 0.15) is 5.75 Å². The van der Waals surface area contributed by atoms with E-state index in [1.807, 2.05) is 42.2 Å². The van der Waals surface area contributed by atoms with Crippen LogP contribution in [-0.4, -0.2) is 12.5 Å². The molecule has 2 aromatic rings. The van der Waals surface area contributed by atoms with Gasteiger partial charge >= 0.3 is 0 Å². The van der Waals surface area contributed by atoms with Crippen LogP contribution < -0.4 is 9.64 Å². The molecule has 22 heavy (non-hydrogen) atoms. The molecular weight excluding hydrogens is 274 g/mol. The maximum Gasteiger partial charge on any atom is 0.258 e. The van der Waals surface area contributed by atoms with Crippen LogP contribution in [0, 0.1) is 0 Å². The zero-order valence-electron chi connectivity index (χ0n) is 13.3. The summed E-state index contributed by atoms with van der Waals surface area (Å²) in [5.74, 6) is 1.38. The van der Waals surface area contributed by atoms with Crippen molar-refractivity contribution in [3.05, 3.63) is 59.2 Å². The summed E-state index contributed by atoms with van der Waals surface area (Å²) in [5, 5.41) is 0.